The zero-order valence-electron chi connectivity index (χ0n) is 23.8. The number of nitrogens with zero attached hydrogens (tertiary/aromatic N) is 2. The largest absolute Gasteiger partial charge is 0.459 e. The summed E-state index contributed by atoms with van der Waals surface area (Å²) in [5.41, 5.74) is -0.415. The molecule has 1 aliphatic rings. The molecule has 1 atom stereocenters. The predicted molar refractivity (Wildman–Crippen MR) is 166 cm³/mol. The van der Waals surface area contributed by atoms with E-state index < -0.39 is 55.7 Å². The fourth-order valence-electron chi connectivity index (χ4n) is 4.62. The maximum absolute atomic E-state index is 15.5. The Balaban J connectivity index is 1.65. The Morgan fingerprint density at radius 2 is 1.84 bits per heavy atom. The number of hydrogen-bond acceptors (Lipinski definition) is 8. The van der Waals surface area contributed by atoms with Gasteiger partial charge in [0.25, 0.3) is 0 Å². The van der Waals surface area contributed by atoms with Crippen LogP contribution in [0.1, 0.15) is 32.1 Å². The van der Waals surface area contributed by atoms with Gasteiger partial charge in [0.15, 0.2) is 9.84 Å². The molecule has 14 heteroatoms. The van der Waals surface area contributed by atoms with E-state index in [0.29, 0.717) is 20.3 Å². The summed E-state index contributed by atoms with van der Waals surface area (Å²) in [7, 11) is -7.94. The Kier molecular flexibility index (Phi) is 9.52. The molecular formula is C29H30ClFN2O7S3. The van der Waals surface area contributed by atoms with Crippen LogP contribution in [0.15, 0.2) is 64.9 Å². The van der Waals surface area contributed by atoms with E-state index in [2.05, 4.69) is 0 Å². The van der Waals surface area contributed by atoms with Gasteiger partial charge in [-0.25, -0.2) is 21.2 Å². The fraction of sp³-hybridized carbons (Fsp3) is 0.310. The first-order chi connectivity index (χ1) is 20.0. The third kappa shape index (κ3) is 7.90. The van der Waals surface area contributed by atoms with Gasteiger partial charge in [0.1, 0.15) is 24.0 Å². The van der Waals surface area contributed by atoms with Crippen molar-refractivity contribution in [1.82, 2.24) is 4.31 Å². The normalized spacial score (nSPS) is 16.4. The number of ether oxygens (including phenoxy) is 1. The fourth-order valence-corrected chi connectivity index (χ4v) is 7.89. The summed E-state index contributed by atoms with van der Waals surface area (Å²) in [6.45, 7) is 4.14. The highest BCUT2D eigenvalue weighted by Crippen LogP contribution is 2.34. The van der Waals surface area contributed by atoms with Gasteiger partial charge in [0.2, 0.25) is 15.9 Å². The van der Waals surface area contributed by atoms with Crippen molar-refractivity contribution in [3.05, 3.63) is 75.0 Å². The molecule has 2 heterocycles. The van der Waals surface area contributed by atoms with E-state index in [-0.39, 0.29) is 23.5 Å². The van der Waals surface area contributed by atoms with Crippen molar-refractivity contribution < 1.29 is 35.6 Å². The van der Waals surface area contributed by atoms with Gasteiger partial charge in [0.05, 0.1) is 14.9 Å². The molecule has 43 heavy (non-hydrogen) atoms. The smallest absolute Gasteiger partial charge is 0.321 e. The van der Waals surface area contributed by atoms with Gasteiger partial charge in [-0.05, 0) is 69.2 Å². The molecule has 4 rings (SSSR count). The maximum Gasteiger partial charge on any atom is 0.321 e. The van der Waals surface area contributed by atoms with E-state index >= 15 is 4.39 Å². The van der Waals surface area contributed by atoms with Crippen molar-refractivity contribution in [2.45, 2.75) is 43.7 Å². The monoisotopic (exact) mass is 668 g/mol. The lowest BCUT2D eigenvalue weighted by Crippen LogP contribution is -2.48. The van der Waals surface area contributed by atoms with E-state index in [4.69, 9.17) is 16.3 Å². The molecule has 2 aromatic carbocycles. The van der Waals surface area contributed by atoms with Crippen molar-refractivity contribution in [2.75, 3.05) is 24.2 Å². The number of hydrogen-bond donors (Lipinski definition) is 0. The topological polar surface area (TPSA) is 118 Å². The zero-order valence-corrected chi connectivity index (χ0v) is 27.0. The Morgan fingerprint density at radius 3 is 2.44 bits per heavy atom. The highest BCUT2D eigenvalue weighted by molar-refractivity contribution is 7.92. The zero-order chi connectivity index (χ0) is 31.7. The van der Waals surface area contributed by atoms with Gasteiger partial charge in [0, 0.05) is 28.6 Å². The molecule has 1 aromatic heterocycles. The van der Waals surface area contributed by atoms with Crippen molar-refractivity contribution in [3.8, 4) is 11.1 Å². The lowest BCUT2D eigenvalue weighted by atomic mass is 10.0. The van der Waals surface area contributed by atoms with Crippen molar-refractivity contribution in [3.63, 3.8) is 0 Å². The number of amides is 1. The summed E-state index contributed by atoms with van der Waals surface area (Å²) in [6, 6.07) is 12.1. The summed E-state index contributed by atoms with van der Waals surface area (Å²) in [4.78, 5) is 28.0. The summed E-state index contributed by atoms with van der Waals surface area (Å²) in [5.74, 6) is -2.37. The number of benzene rings is 2. The van der Waals surface area contributed by atoms with E-state index in [1.807, 2.05) is 0 Å². The van der Waals surface area contributed by atoms with Gasteiger partial charge in [-0.15, -0.1) is 11.3 Å². The SMILES string of the molecule is CC(C)(C)OC(=O)CN([C@H]1CCN(c2ccc(-c3ccccc3S(C)(=O)=O)cc2F)C1=O)S(=O)(=O)C=Cc1ccc(Cl)s1. The lowest BCUT2D eigenvalue weighted by Gasteiger charge is -2.27. The number of sulfonamides is 1. The highest BCUT2D eigenvalue weighted by atomic mass is 35.5. The van der Waals surface area contributed by atoms with Crippen LogP contribution < -0.4 is 4.90 Å². The standard InChI is InChI=1S/C29H30ClFN2O7S3/c1-29(2,3)40-27(34)18-33(43(38,39)16-14-20-10-12-26(30)41-20)24-13-15-32(28(24)35)23-11-9-19(17-22(23)31)21-7-5-6-8-25(21)42(4,36)37/h5-12,14,16-17,24H,13,15,18H2,1-4H3/t24-/m0/s1. The molecule has 0 aliphatic carbocycles. The number of carbonyl (C=O) groups excluding carboxylic acids is 2. The molecule has 0 spiro atoms. The van der Waals surface area contributed by atoms with Crippen LogP contribution in [0.25, 0.3) is 17.2 Å². The first-order valence-corrected chi connectivity index (χ1v) is 17.6. The van der Waals surface area contributed by atoms with Gasteiger partial charge in [-0.1, -0.05) is 35.9 Å². The van der Waals surface area contributed by atoms with Crippen LogP contribution in [-0.2, 0) is 34.2 Å². The van der Waals surface area contributed by atoms with Crippen LogP contribution in [0.3, 0.4) is 0 Å². The summed E-state index contributed by atoms with van der Waals surface area (Å²) in [5, 5.41) is 0.893. The summed E-state index contributed by atoms with van der Waals surface area (Å²) >= 11 is 7.09. The molecule has 9 nitrogen and oxygen atoms in total. The third-order valence-corrected chi connectivity index (χ3v) is 10.3. The Labute approximate surface area is 259 Å². The Morgan fingerprint density at radius 1 is 1.14 bits per heavy atom. The van der Waals surface area contributed by atoms with Crippen LogP contribution in [0.2, 0.25) is 4.34 Å². The van der Waals surface area contributed by atoms with E-state index in [1.54, 1.807) is 51.1 Å². The number of carbonyl (C=O) groups is 2. The molecule has 1 saturated heterocycles. The molecule has 0 radical (unpaired) electrons. The van der Waals surface area contributed by atoms with Crippen molar-refractivity contribution >= 4 is 66.4 Å². The Bertz CT molecular complexity index is 1800. The van der Waals surface area contributed by atoms with Gasteiger partial charge >= 0.3 is 5.97 Å². The minimum Gasteiger partial charge on any atom is -0.459 e. The molecule has 0 N–H and O–H groups in total. The van der Waals surface area contributed by atoms with Crippen molar-refractivity contribution in [2.24, 2.45) is 0 Å². The lowest BCUT2D eigenvalue weighted by molar-refractivity contribution is -0.155. The van der Waals surface area contributed by atoms with Gasteiger partial charge in [-0.3, -0.25) is 9.59 Å². The van der Waals surface area contributed by atoms with Crippen LogP contribution in [-0.4, -0.2) is 64.0 Å². The molecule has 1 fully saturated rings. The number of anilines is 1. The van der Waals surface area contributed by atoms with E-state index in [0.717, 1.165) is 38.3 Å². The third-order valence-electron chi connectivity index (χ3n) is 6.39. The maximum atomic E-state index is 15.5. The second-order valence-electron chi connectivity index (χ2n) is 10.9. The molecule has 0 saturated carbocycles. The number of esters is 1. The second-order valence-corrected chi connectivity index (χ2v) is 16.4. The number of halogens is 2. The number of thiophene rings is 1. The van der Waals surface area contributed by atoms with Crippen LogP contribution in [0.4, 0.5) is 10.1 Å². The molecule has 0 bridgehead atoms. The van der Waals surface area contributed by atoms with Crippen LogP contribution in [0, 0.1) is 5.82 Å². The van der Waals surface area contributed by atoms with Crippen LogP contribution >= 0.6 is 22.9 Å². The molecular weight excluding hydrogens is 639 g/mol. The minimum absolute atomic E-state index is 0.0162. The Hall–Kier alpha value is -3.10. The average molecular weight is 669 g/mol. The summed E-state index contributed by atoms with van der Waals surface area (Å²) < 4.78 is 73.5. The number of sulfone groups is 1. The van der Waals surface area contributed by atoms with Crippen LogP contribution in [0.5, 0.6) is 0 Å². The highest BCUT2D eigenvalue weighted by Gasteiger charge is 2.43. The molecule has 3 aromatic rings. The number of rotatable bonds is 9. The van der Waals surface area contributed by atoms with E-state index in [9.17, 15) is 26.4 Å². The molecule has 0 unspecified atom stereocenters. The molecule has 1 aliphatic heterocycles. The minimum atomic E-state index is -4.34. The van der Waals surface area contributed by atoms with Gasteiger partial charge < -0.3 is 9.64 Å². The quantitative estimate of drug-likeness (QED) is 0.282. The second kappa shape index (κ2) is 12.5. The molecule has 1 amide bonds. The molecule has 230 valence electrons. The predicted octanol–water partition coefficient (Wildman–Crippen LogP) is 5.36. The first-order valence-electron chi connectivity index (χ1n) is 13.0. The first kappa shape index (κ1) is 32.8. The van der Waals surface area contributed by atoms with Crippen molar-refractivity contribution in [1.29, 1.82) is 0 Å². The summed E-state index contributed by atoms with van der Waals surface area (Å²) in [6.07, 6.45) is 2.36. The van der Waals surface area contributed by atoms with Gasteiger partial charge in [-0.2, -0.15) is 4.31 Å². The van der Waals surface area contributed by atoms with E-state index in [1.165, 1.54) is 24.3 Å². The average Bonchev–Trinajstić information content (AvgIpc) is 3.49.